The fourth-order valence-corrected chi connectivity index (χ4v) is 8.01. The Morgan fingerprint density at radius 1 is 0.452 bits per heavy atom. The fraction of sp³-hybridized carbons (Fsp3) is 0.143. The average Bonchev–Trinajstić information content (AvgIpc) is 3.45. The van der Waals surface area contributed by atoms with E-state index in [-0.39, 0.29) is 10.8 Å². The number of benzene rings is 6. The van der Waals surface area contributed by atoms with Crippen LogP contribution in [0.5, 0.6) is 0 Å². The Kier molecular flexibility index (Phi) is 5.47. The van der Waals surface area contributed by atoms with Gasteiger partial charge in [0.15, 0.2) is 0 Å². The Morgan fingerprint density at radius 2 is 0.976 bits per heavy atom. The minimum absolute atomic E-state index is 0.00875. The molecule has 0 amide bonds. The van der Waals surface area contributed by atoms with E-state index in [0.29, 0.717) is 0 Å². The molecule has 0 aliphatic heterocycles. The van der Waals surface area contributed by atoms with Gasteiger partial charge in [-0.15, -0.1) is 0 Å². The van der Waals surface area contributed by atoms with Gasteiger partial charge >= 0.3 is 0 Å². The second-order valence-corrected chi connectivity index (χ2v) is 12.6. The SMILES string of the molecule is Cc1cccc2c1C(c1ccccc1)(c1ccccc1)c1cc(Cc3ccc4c(c3)C(C)(C)c3ccccc3-4)ccc1-2. The van der Waals surface area contributed by atoms with Gasteiger partial charge in [-0.2, -0.15) is 0 Å². The Labute approximate surface area is 249 Å². The minimum atomic E-state index is -0.365. The van der Waals surface area contributed by atoms with Crippen molar-refractivity contribution in [3.63, 3.8) is 0 Å². The molecule has 8 rings (SSSR count). The molecule has 0 nitrogen and oxygen atoms in total. The first-order valence-corrected chi connectivity index (χ1v) is 15.1. The highest BCUT2D eigenvalue weighted by Gasteiger charge is 2.47. The molecule has 0 saturated heterocycles. The van der Waals surface area contributed by atoms with E-state index < -0.39 is 0 Å². The average molecular weight is 539 g/mol. The summed E-state index contributed by atoms with van der Waals surface area (Å²) in [5.41, 5.74) is 17.4. The highest BCUT2D eigenvalue weighted by molar-refractivity contribution is 5.87. The number of fused-ring (bicyclic) bond motifs is 6. The normalized spacial score (nSPS) is 15.0. The Bertz CT molecular complexity index is 1940. The number of hydrogen-bond acceptors (Lipinski definition) is 0. The van der Waals surface area contributed by atoms with Crippen LogP contribution in [0.1, 0.15) is 63.9 Å². The van der Waals surface area contributed by atoms with Crippen LogP contribution >= 0.6 is 0 Å². The number of aryl methyl sites for hydroxylation is 1. The van der Waals surface area contributed by atoms with E-state index in [4.69, 9.17) is 0 Å². The van der Waals surface area contributed by atoms with Crippen molar-refractivity contribution in [2.75, 3.05) is 0 Å². The molecule has 0 bridgehead atoms. The van der Waals surface area contributed by atoms with Crippen LogP contribution in [-0.4, -0.2) is 0 Å². The van der Waals surface area contributed by atoms with E-state index >= 15 is 0 Å². The van der Waals surface area contributed by atoms with Crippen LogP contribution in [-0.2, 0) is 17.3 Å². The summed E-state index contributed by atoms with van der Waals surface area (Å²) in [5, 5.41) is 0. The van der Waals surface area contributed by atoms with E-state index in [1.165, 1.54) is 72.3 Å². The molecular formula is C42H34. The molecule has 0 saturated carbocycles. The maximum atomic E-state index is 2.50. The standard InChI is InChI=1S/C42H34/c1-28-13-12-19-36-35-24-22-30(25-29-21-23-34-33-18-10-11-20-37(33)41(2,3)38(34)26-29)27-39(35)42(40(28)36,31-14-6-4-7-15-31)32-16-8-5-9-17-32/h4-24,26-27H,25H2,1-3H3. The molecule has 0 heterocycles. The summed E-state index contributed by atoms with van der Waals surface area (Å²) in [6.45, 7) is 7.01. The zero-order valence-corrected chi connectivity index (χ0v) is 24.5. The molecule has 202 valence electrons. The molecule has 42 heavy (non-hydrogen) atoms. The highest BCUT2D eigenvalue weighted by Crippen LogP contribution is 2.57. The van der Waals surface area contributed by atoms with Gasteiger partial charge in [-0.1, -0.05) is 153 Å². The number of rotatable bonds is 4. The summed E-state index contributed by atoms with van der Waals surface area (Å²) in [6, 6.07) is 52.3. The van der Waals surface area contributed by atoms with Gasteiger partial charge in [0.1, 0.15) is 0 Å². The van der Waals surface area contributed by atoms with Gasteiger partial charge in [0.25, 0.3) is 0 Å². The summed E-state index contributed by atoms with van der Waals surface area (Å²) in [6.07, 6.45) is 0.905. The maximum absolute atomic E-state index is 2.50. The highest BCUT2D eigenvalue weighted by atomic mass is 14.5. The Balaban J connectivity index is 1.31. The third-order valence-electron chi connectivity index (χ3n) is 9.90. The van der Waals surface area contributed by atoms with Crippen molar-refractivity contribution < 1.29 is 0 Å². The van der Waals surface area contributed by atoms with Crippen molar-refractivity contribution >= 4 is 0 Å². The fourth-order valence-electron chi connectivity index (χ4n) is 8.01. The molecule has 0 N–H and O–H groups in total. The zero-order valence-electron chi connectivity index (χ0n) is 24.5. The lowest BCUT2D eigenvalue weighted by molar-refractivity contribution is 0.659. The summed E-state index contributed by atoms with van der Waals surface area (Å²) < 4.78 is 0. The molecule has 6 aromatic rings. The second kappa shape index (κ2) is 9.16. The van der Waals surface area contributed by atoms with Crippen LogP contribution in [0.25, 0.3) is 22.3 Å². The van der Waals surface area contributed by atoms with Crippen molar-refractivity contribution in [1.29, 1.82) is 0 Å². The van der Waals surface area contributed by atoms with Crippen LogP contribution < -0.4 is 0 Å². The minimum Gasteiger partial charge on any atom is -0.0622 e. The summed E-state index contributed by atoms with van der Waals surface area (Å²) >= 11 is 0. The van der Waals surface area contributed by atoms with Gasteiger partial charge in [-0.3, -0.25) is 0 Å². The van der Waals surface area contributed by atoms with Crippen molar-refractivity contribution in [2.24, 2.45) is 0 Å². The van der Waals surface area contributed by atoms with Gasteiger partial charge in [0, 0.05) is 5.41 Å². The van der Waals surface area contributed by atoms with Gasteiger partial charge in [-0.05, 0) is 85.7 Å². The quantitative estimate of drug-likeness (QED) is 0.209. The van der Waals surface area contributed by atoms with E-state index in [1.807, 2.05) is 0 Å². The first kappa shape index (κ1) is 25.1. The van der Waals surface area contributed by atoms with Crippen LogP contribution in [0, 0.1) is 6.92 Å². The van der Waals surface area contributed by atoms with Gasteiger partial charge in [0.2, 0.25) is 0 Å². The van der Waals surface area contributed by atoms with Crippen molar-refractivity contribution in [3.8, 4) is 22.3 Å². The molecule has 0 aromatic heterocycles. The maximum Gasteiger partial charge on any atom is 0.0716 e. The second-order valence-electron chi connectivity index (χ2n) is 12.6. The summed E-state index contributed by atoms with van der Waals surface area (Å²) in [5.74, 6) is 0. The molecule has 2 aliphatic rings. The predicted octanol–water partition coefficient (Wildman–Crippen LogP) is 10.3. The van der Waals surface area contributed by atoms with Crippen LogP contribution in [0.4, 0.5) is 0 Å². The topological polar surface area (TPSA) is 0 Å². The van der Waals surface area contributed by atoms with Crippen molar-refractivity contribution in [3.05, 3.63) is 190 Å². The zero-order chi connectivity index (χ0) is 28.5. The molecular weight excluding hydrogens is 504 g/mol. The van der Waals surface area contributed by atoms with Crippen LogP contribution in [0.2, 0.25) is 0 Å². The van der Waals surface area contributed by atoms with Gasteiger partial charge in [-0.25, -0.2) is 0 Å². The van der Waals surface area contributed by atoms with Crippen molar-refractivity contribution in [1.82, 2.24) is 0 Å². The lowest BCUT2D eigenvalue weighted by Crippen LogP contribution is -2.29. The molecule has 6 aromatic carbocycles. The van der Waals surface area contributed by atoms with Gasteiger partial charge < -0.3 is 0 Å². The smallest absolute Gasteiger partial charge is 0.0622 e. The predicted molar refractivity (Wildman–Crippen MR) is 175 cm³/mol. The lowest BCUT2D eigenvalue weighted by atomic mass is 9.66. The summed E-state index contributed by atoms with van der Waals surface area (Å²) in [7, 11) is 0. The lowest BCUT2D eigenvalue weighted by Gasteiger charge is -2.35. The third kappa shape index (κ3) is 3.42. The molecule has 0 fully saturated rings. The monoisotopic (exact) mass is 538 g/mol. The molecule has 2 aliphatic carbocycles. The first-order valence-electron chi connectivity index (χ1n) is 15.1. The molecule has 0 spiro atoms. The Morgan fingerprint density at radius 3 is 1.64 bits per heavy atom. The molecule has 0 radical (unpaired) electrons. The van der Waals surface area contributed by atoms with E-state index in [1.54, 1.807) is 0 Å². The largest absolute Gasteiger partial charge is 0.0716 e. The van der Waals surface area contributed by atoms with E-state index in [0.717, 1.165) is 6.42 Å². The third-order valence-corrected chi connectivity index (χ3v) is 9.90. The van der Waals surface area contributed by atoms with E-state index in [9.17, 15) is 0 Å². The number of hydrogen-bond donors (Lipinski definition) is 0. The van der Waals surface area contributed by atoms with Crippen LogP contribution in [0.15, 0.2) is 140 Å². The van der Waals surface area contributed by atoms with Gasteiger partial charge in [0.05, 0.1) is 5.41 Å². The Hall–Kier alpha value is -4.68. The van der Waals surface area contributed by atoms with Crippen molar-refractivity contribution in [2.45, 2.75) is 38.0 Å². The molecule has 0 atom stereocenters. The molecule has 0 heteroatoms. The first-order chi connectivity index (χ1) is 20.5. The molecule has 0 unspecified atom stereocenters. The van der Waals surface area contributed by atoms with Crippen LogP contribution in [0.3, 0.4) is 0 Å². The summed E-state index contributed by atoms with van der Waals surface area (Å²) in [4.78, 5) is 0. The van der Waals surface area contributed by atoms with E-state index in [2.05, 4.69) is 160 Å².